The molecule has 0 bridgehead atoms. The van der Waals surface area contributed by atoms with Crippen LogP contribution < -0.4 is 15.5 Å². The number of hydrogen-bond donors (Lipinski definition) is 2. The zero-order valence-electron chi connectivity index (χ0n) is 16.6. The first-order valence-corrected chi connectivity index (χ1v) is 10.0. The number of hydrogen-bond acceptors (Lipinski definition) is 5. The van der Waals surface area contributed by atoms with Crippen molar-refractivity contribution in [3.63, 3.8) is 0 Å². The SMILES string of the molecule is CC(=O)Nc1ccc(-c2ccnc(Nc3cccc(N4CCCCC4)c3)n2)cc1. The molecule has 6 nitrogen and oxygen atoms in total. The summed E-state index contributed by atoms with van der Waals surface area (Å²) in [4.78, 5) is 22.6. The second-order valence-corrected chi connectivity index (χ2v) is 7.25. The molecule has 1 amide bonds. The summed E-state index contributed by atoms with van der Waals surface area (Å²) in [5, 5.41) is 6.10. The average Bonchev–Trinajstić information content (AvgIpc) is 2.75. The van der Waals surface area contributed by atoms with Gasteiger partial charge in [0.2, 0.25) is 11.9 Å². The number of rotatable bonds is 5. The molecule has 1 aliphatic heterocycles. The number of benzene rings is 2. The van der Waals surface area contributed by atoms with E-state index in [2.05, 4.69) is 43.7 Å². The highest BCUT2D eigenvalue weighted by molar-refractivity contribution is 5.88. The molecule has 1 saturated heterocycles. The van der Waals surface area contributed by atoms with Crippen LogP contribution in [0, 0.1) is 0 Å². The van der Waals surface area contributed by atoms with Crippen molar-refractivity contribution in [3.05, 3.63) is 60.8 Å². The normalized spacial score (nSPS) is 13.8. The molecule has 1 fully saturated rings. The van der Waals surface area contributed by atoms with E-state index in [-0.39, 0.29) is 5.91 Å². The van der Waals surface area contributed by atoms with E-state index in [1.807, 2.05) is 36.4 Å². The lowest BCUT2D eigenvalue weighted by Crippen LogP contribution is -2.29. The van der Waals surface area contributed by atoms with Crippen LogP contribution >= 0.6 is 0 Å². The van der Waals surface area contributed by atoms with Gasteiger partial charge < -0.3 is 15.5 Å². The van der Waals surface area contributed by atoms with Gasteiger partial charge in [-0.25, -0.2) is 9.97 Å². The molecule has 0 atom stereocenters. The lowest BCUT2D eigenvalue weighted by molar-refractivity contribution is -0.114. The minimum Gasteiger partial charge on any atom is -0.371 e. The Morgan fingerprint density at radius 3 is 2.52 bits per heavy atom. The first kappa shape index (κ1) is 18.9. The number of amides is 1. The molecule has 0 radical (unpaired) electrons. The van der Waals surface area contributed by atoms with Crippen LogP contribution in [0.3, 0.4) is 0 Å². The van der Waals surface area contributed by atoms with Gasteiger partial charge in [-0.2, -0.15) is 0 Å². The van der Waals surface area contributed by atoms with E-state index >= 15 is 0 Å². The third kappa shape index (κ3) is 4.90. The lowest BCUT2D eigenvalue weighted by Gasteiger charge is -2.29. The van der Waals surface area contributed by atoms with Crippen LogP contribution in [0.25, 0.3) is 11.3 Å². The summed E-state index contributed by atoms with van der Waals surface area (Å²) in [5.74, 6) is 0.474. The Labute approximate surface area is 171 Å². The average molecular weight is 387 g/mol. The Kier molecular flexibility index (Phi) is 5.70. The lowest BCUT2D eigenvalue weighted by atomic mass is 10.1. The van der Waals surface area contributed by atoms with Crippen LogP contribution in [0.1, 0.15) is 26.2 Å². The molecule has 1 aromatic heterocycles. The summed E-state index contributed by atoms with van der Waals surface area (Å²) in [6.07, 6.45) is 5.58. The Balaban J connectivity index is 1.50. The van der Waals surface area contributed by atoms with Crippen molar-refractivity contribution in [1.82, 2.24) is 9.97 Å². The standard InChI is InChI=1S/C23H25N5O/c1-17(29)25-19-10-8-18(9-11-19)22-12-13-24-23(27-22)26-20-6-5-7-21(16-20)28-14-3-2-4-15-28/h5-13,16H,2-4,14-15H2,1H3,(H,25,29)(H,24,26,27). The van der Waals surface area contributed by atoms with Gasteiger partial charge in [-0.05, 0) is 55.7 Å². The van der Waals surface area contributed by atoms with Gasteiger partial charge in [0, 0.05) is 48.8 Å². The summed E-state index contributed by atoms with van der Waals surface area (Å²) < 4.78 is 0. The fraction of sp³-hybridized carbons (Fsp3) is 0.261. The van der Waals surface area contributed by atoms with Gasteiger partial charge in [-0.1, -0.05) is 18.2 Å². The molecule has 2 aromatic carbocycles. The maximum Gasteiger partial charge on any atom is 0.227 e. The van der Waals surface area contributed by atoms with Crippen LogP contribution in [-0.2, 0) is 4.79 Å². The molecular formula is C23H25N5O. The second-order valence-electron chi connectivity index (χ2n) is 7.25. The maximum absolute atomic E-state index is 11.2. The first-order chi connectivity index (χ1) is 14.2. The Hall–Kier alpha value is -3.41. The van der Waals surface area contributed by atoms with Crippen molar-refractivity contribution >= 4 is 28.9 Å². The largest absolute Gasteiger partial charge is 0.371 e. The number of anilines is 4. The number of carbonyl (C=O) groups excluding carboxylic acids is 1. The zero-order valence-corrected chi connectivity index (χ0v) is 16.6. The minimum absolute atomic E-state index is 0.0851. The highest BCUT2D eigenvalue weighted by Gasteiger charge is 2.11. The molecule has 3 aromatic rings. The fourth-order valence-corrected chi connectivity index (χ4v) is 3.57. The number of nitrogens with zero attached hydrogens (tertiary/aromatic N) is 3. The molecular weight excluding hydrogens is 362 g/mol. The highest BCUT2D eigenvalue weighted by Crippen LogP contribution is 2.25. The fourth-order valence-electron chi connectivity index (χ4n) is 3.57. The van der Waals surface area contributed by atoms with Crippen LogP contribution in [0.4, 0.5) is 23.0 Å². The van der Waals surface area contributed by atoms with Crippen molar-refractivity contribution in [2.45, 2.75) is 26.2 Å². The number of carbonyl (C=O) groups is 1. The molecule has 29 heavy (non-hydrogen) atoms. The van der Waals surface area contributed by atoms with Crippen LogP contribution in [0.2, 0.25) is 0 Å². The predicted octanol–water partition coefficient (Wildman–Crippen LogP) is 4.84. The summed E-state index contributed by atoms with van der Waals surface area (Å²) in [5.41, 5.74) is 4.77. The van der Waals surface area contributed by atoms with Crippen LogP contribution in [-0.4, -0.2) is 29.0 Å². The third-order valence-corrected chi connectivity index (χ3v) is 4.98. The molecule has 148 valence electrons. The summed E-state index contributed by atoms with van der Waals surface area (Å²) >= 11 is 0. The summed E-state index contributed by atoms with van der Waals surface area (Å²) in [7, 11) is 0. The smallest absolute Gasteiger partial charge is 0.227 e. The molecule has 0 unspecified atom stereocenters. The van der Waals surface area contributed by atoms with E-state index < -0.39 is 0 Å². The van der Waals surface area contributed by atoms with Crippen molar-refractivity contribution in [3.8, 4) is 11.3 Å². The van der Waals surface area contributed by atoms with Gasteiger partial charge >= 0.3 is 0 Å². The van der Waals surface area contributed by atoms with Gasteiger partial charge in [0.25, 0.3) is 0 Å². The van der Waals surface area contributed by atoms with E-state index in [1.165, 1.54) is 31.9 Å². The van der Waals surface area contributed by atoms with E-state index in [0.717, 1.165) is 35.7 Å². The predicted molar refractivity (Wildman–Crippen MR) is 118 cm³/mol. The van der Waals surface area contributed by atoms with Crippen molar-refractivity contribution in [2.75, 3.05) is 28.6 Å². The van der Waals surface area contributed by atoms with Gasteiger partial charge in [0.15, 0.2) is 0 Å². The monoisotopic (exact) mass is 387 g/mol. The van der Waals surface area contributed by atoms with Gasteiger partial charge in [0.05, 0.1) is 5.69 Å². The maximum atomic E-state index is 11.2. The first-order valence-electron chi connectivity index (χ1n) is 10.0. The Morgan fingerprint density at radius 2 is 1.76 bits per heavy atom. The number of nitrogens with one attached hydrogen (secondary N) is 2. The summed E-state index contributed by atoms with van der Waals surface area (Å²) in [6, 6.07) is 17.9. The van der Waals surface area contributed by atoms with Gasteiger partial charge in [-0.3, -0.25) is 4.79 Å². The Bertz CT molecular complexity index is 981. The molecule has 2 heterocycles. The molecule has 0 saturated carbocycles. The van der Waals surface area contributed by atoms with Gasteiger partial charge in [-0.15, -0.1) is 0 Å². The van der Waals surface area contributed by atoms with Gasteiger partial charge in [0.1, 0.15) is 0 Å². The molecule has 0 aliphatic carbocycles. The number of piperidine rings is 1. The van der Waals surface area contributed by atoms with Crippen LogP contribution in [0.15, 0.2) is 60.8 Å². The summed E-state index contributed by atoms with van der Waals surface area (Å²) in [6.45, 7) is 3.73. The number of aromatic nitrogens is 2. The van der Waals surface area contributed by atoms with Crippen molar-refractivity contribution in [2.24, 2.45) is 0 Å². The molecule has 1 aliphatic rings. The molecule has 2 N–H and O–H groups in total. The minimum atomic E-state index is -0.0851. The molecule has 6 heteroatoms. The van der Waals surface area contributed by atoms with Crippen molar-refractivity contribution < 1.29 is 4.79 Å². The van der Waals surface area contributed by atoms with Crippen molar-refractivity contribution in [1.29, 1.82) is 0 Å². The quantitative estimate of drug-likeness (QED) is 0.656. The van der Waals surface area contributed by atoms with E-state index in [9.17, 15) is 4.79 Å². The van der Waals surface area contributed by atoms with E-state index in [1.54, 1.807) is 6.20 Å². The zero-order chi connectivity index (χ0) is 20.1. The van der Waals surface area contributed by atoms with Crippen LogP contribution in [0.5, 0.6) is 0 Å². The topological polar surface area (TPSA) is 70.2 Å². The second kappa shape index (κ2) is 8.73. The third-order valence-electron chi connectivity index (χ3n) is 4.98. The molecule has 0 spiro atoms. The van der Waals surface area contributed by atoms with E-state index in [0.29, 0.717) is 5.95 Å². The van der Waals surface area contributed by atoms with E-state index in [4.69, 9.17) is 0 Å². The Morgan fingerprint density at radius 1 is 0.966 bits per heavy atom. The molecule has 4 rings (SSSR count). The highest BCUT2D eigenvalue weighted by atomic mass is 16.1.